The molecule has 2 fully saturated rings. The zero-order chi connectivity index (χ0) is 11.8. The van der Waals surface area contributed by atoms with E-state index in [2.05, 4.69) is 27.3 Å². The molecule has 0 aromatic carbocycles. The standard InChI is InChI=1S/C11H20N6.ClH/c1-8-4-9(5-12)6-16(8)7-11-13-14-15-17(11)10-2-3-10;/h8-10H,2-7,12H2,1H3;1H. The van der Waals surface area contributed by atoms with Crippen molar-refractivity contribution in [3.8, 4) is 0 Å². The Morgan fingerprint density at radius 2 is 2.17 bits per heavy atom. The van der Waals surface area contributed by atoms with E-state index in [4.69, 9.17) is 5.73 Å². The van der Waals surface area contributed by atoms with Gasteiger partial charge in [-0.1, -0.05) is 0 Å². The van der Waals surface area contributed by atoms with E-state index in [1.165, 1.54) is 19.3 Å². The number of hydrogen-bond acceptors (Lipinski definition) is 5. The summed E-state index contributed by atoms with van der Waals surface area (Å²) in [5.41, 5.74) is 5.75. The molecule has 0 bridgehead atoms. The average molecular weight is 273 g/mol. The van der Waals surface area contributed by atoms with Crippen molar-refractivity contribution < 1.29 is 0 Å². The van der Waals surface area contributed by atoms with Gasteiger partial charge in [-0.3, -0.25) is 4.90 Å². The van der Waals surface area contributed by atoms with E-state index in [1.54, 1.807) is 0 Å². The summed E-state index contributed by atoms with van der Waals surface area (Å²) < 4.78 is 2.00. The summed E-state index contributed by atoms with van der Waals surface area (Å²) in [6.07, 6.45) is 3.64. The lowest BCUT2D eigenvalue weighted by molar-refractivity contribution is 0.244. The zero-order valence-electron chi connectivity index (χ0n) is 10.7. The highest BCUT2D eigenvalue weighted by molar-refractivity contribution is 5.85. The van der Waals surface area contributed by atoms with Crippen molar-refractivity contribution in [2.75, 3.05) is 13.1 Å². The number of nitrogens with zero attached hydrogens (tertiary/aromatic N) is 5. The Morgan fingerprint density at radius 3 is 2.78 bits per heavy atom. The molecule has 18 heavy (non-hydrogen) atoms. The molecule has 1 aromatic heterocycles. The molecular formula is C11H21ClN6. The van der Waals surface area contributed by atoms with E-state index in [9.17, 15) is 0 Å². The van der Waals surface area contributed by atoms with Crippen molar-refractivity contribution in [3.05, 3.63) is 5.82 Å². The van der Waals surface area contributed by atoms with Crippen LogP contribution in [0.4, 0.5) is 0 Å². The van der Waals surface area contributed by atoms with Crippen LogP contribution in [0, 0.1) is 5.92 Å². The van der Waals surface area contributed by atoms with Crippen LogP contribution in [0.15, 0.2) is 0 Å². The Kier molecular flexibility index (Phi) is 4.19. The minimum atomic E-state index is 0. The Hall–Kier alpha value is -0.720. The van der Waals surface area contributed by atoms with E-state index in [0.29, 0.717) is 18.0 Å². The monoisotopic (exact) mass is 272 g/mol. The number of hydrogen-bond donors (Lipinski definition) is 1. The normalized spacial score (nSPS) is 28.3. The van der Waals surface area contributed by atoms with Crippen LogP contribution in [0.2, 0.25) is 0 Å². The first-order valence-corrected chi connectivity index (χ1v) is 6.48. The van der Waals surface area contributed by atoms with E-state index < -0.39 is 0 Å². The molecule has 0 amide bonds. The van der Waals surface area contributed by atoms with Crippen LogP contribution in [-0.4, -0.2) is 44.2 Å². The highest BCUT2D eigenvalue weighted by Crippen LogP contribution is 2.35. The predicted octanol–water partition coefficient (Wildman–Crippen LogP) is 0.599. The van der Waals surface area contributed by atoms with Gasteiger partial charge in [0, 0.05) is 12.6 Å². The van der Waals surface area contributed by atoms with Crippen LogP contribution < -0.4 is 5.73 Å². The minimum Gasteiger partial charge on any atom is -0.330 e. The molecule has 3 rings (SSSR count). The molecule has 2 atom stereocenters. The van der Waals surface area contributed by atoms with Gasteiger partial charge in [0.2, 0.25) is 0 Å². The first-order chi connectivity index (χ1) is 8.28. The van der Waals surface area contributed by atoms with E-state index in [-0.39, 0.29) is 12.4 Å². The van der Waals surface area contributed by atoms with Crippen molar-refractivity contribution in [2.24, 2.45) is 11.7 Å². The van der Waals surface area contributed by atoms with Gasteiger partial charge in [-0.2, -0.15) is 0 Å². The highest BCUT2D eigenvalue weighted by atomic mass is 35.5. The topological polar surface area (TPSA) is 72.9 Å². The maximum absolute atomic E-state index is 5.75. The van der Waals surface area contributed by atoms with Gasteiger partial charge in [0.15, 0.2) is 5.82 Å². The average Bonchev–Trinajstić information content (AvgIpc) is 2.97. The van der Waals surface area contributed by atoms with Gasteiger partial charge in [-0.05, 0) is 49.1 Å². The van der Waals surface area contributed by atoms with Gasteiger partial charge < -0.3 is 5.73 Å². The number of tetrazole rings is 1. The van der Waals surface area contributed by atoms with E-state index in [0.717, 1.165) is 25.5 Å². The third-order valence-electron chi connectivity index (χ3n) is 3.92. The molecule has 7 heteroatoms. The molecule has 2 unspecified atom stereocenters. The molecule has 6 nitrogen and oxygen atoms in total. The van der Waals surface area contributed by atoms with Gasteiger partial charge >= 0.3 is 0 Å². The molecule has 102 valence electrons. The Labute approximate surface area is 113 Å². The lowest BCUT2D eigenvalue weighted by Crippen LogP contribution is -2.29. The van der Waals surface area contributed by atoms with E-state index >= 15 is 0 Å². The van der Waals surface area contributed by atoms with Crippen molar-refractivity contribution in [3.63, 3.8) is 0 Å². The fraction of sp³-hybridized carbons (Fsp3) is 0.909. The fourth-order valence-corrected chi connectivity index (χ4v) is 2.71. The molecule has 0 radical (unpaired) electrons. The molecule has 2 N–H and O–H groups in total. The van der Waals surface area contributed by atoms with Gasteiger partial charge in [0.05, 0.1) is 12.6 Å². The van der Waals surface area contributed by atoms with Crippen molar-refractivity contribution in [2.45, 2.75) is 44.8 Å². The van der Waals surface area contributed by atoms with Crippen LogP contribution in [0.5, 0.6) is 0 Å². The second-order valence-corrected chi connectivity index (χ2v) is 5.39. The number of halogens is 1. The summed E-state index contributed by atoms with van der Waals surface area (Å²) in [5.74, 6) is 1.65. The number of nitrogens with two attached hydrogens (primary N) is 1. The summed E-state index contributed by atoms with van der Waals surface area (Å²) in [6, 6.07) is 1.15. The molecule has 0 spiro atoms. The third kappa shape index (κ3) is 2.65. The third-order valence-corrected chi connectivity index (χ3v) is 3.92. The van der Waals surface area contributed by atoms with Gasteiger partial charge in [-0.15, -0.1) is 17.5 Å². The van der Waals surface area contributed by atoms with Crippen molar-refractivity contribution >= 4 is 12.4 Å². The largest absolute Gasteiger partial charge is 0.330 e. The molecule has 1 saturated heterocycles. The van der Waals surface area contributed by atoms with Gasteiger partial charge in [0.1, 0.15) is 0 Å². The summed E-state index contributed by atoms with van der Waals surface area (Å²) >= 11 is 0. The van der Waals surface area contributed by atoms with Crippen molar-refractivity contribution in [1.82, 2.24) is 25.1 Å². The fourth-order valence-electron chi connectivity index (χ4n) is 2.71. The Bertz CT molecular complexity index is 391. The second-order valence-electron chi connectivity index (χ2n) is 5.39. The quantitative estimate of drug-likeness (QED) is 0.869. The summed E-state index contributed by atoms with van der Waals surface area (Å²) in [6.45, 7) is 4.99. The Balaban J connectivity index is 0.00000120. The summed E-state index contributed by atoms with van der Waals surface area (Å²) in [4.78, 5) is 2.45. The number of aromatic nitrogens is 4. The van der Waals surface area contributed by atoms with Crippen LogP contribution in [0.25, 0.3) is 0 Å². The maximum Gasteiger partial charge on any atom is 0.165 e. The zero-order valence-corrected chi connectivity index (χ0v) is 11.5. The lowest BCUT2D eigenvalue weighted by atomic mass is 10.1. The van der Waals surface area contributed by atoms with Gasteiger partial charge in [-0.25, -0.2) is 4.68 Å². The Morgan fingerprint density at radius 1 is 1.39 bits per heavy atom. The van der Waals surface area contributed by atoms with Crippen LogP contribution >= 0.6 is 12.4 Å². The number of likely N-dealkylation sites (tertiary alicyclic amines) is 1. The van der Waals surface area contributed by atoms with E-state index in [1.807, 2.05) is 4.68 Å². The second kappa shape index (κ2) is 5.50. The first kappa shape index (κ1) is 13.7. The minimum absolute atomic E-state index is 0. The molecule has 1 aliphatic carbocycles. The lowest BCUT2D eigenvalue weighted by Gasteiger charge is -2.20. The molecule has 2 heterocycles. The summed E-state index contributed by atoms with van der Waals surface area (Å²) in [7, 11) is 0. The molecule has 1 saturated carbocycles. The molecule has 2 aliphatic rings. The maximum atomic E-state index is 5.75. The van der Waals surface area contributed by atoms with Crippen molar-refractivity contribution in [1.29, 1.82) is 0 Å². The first-order valence-electron chi connectivity index (χ1n) is 6.48. The van der Waals surface area contributed by atoms with Crippen LogP contribution in [0.3, 0.4) is 0 Å². The van der Waals surface area contributed by atoms with Crippen LogP contribution in [0.1, 0.15) is 38.1 Å². The molecule has 1 aromatic rings. The predicted molar refractivity (Wildman–Crippen MR) is 70.4 cm³/mol. The van der Waals surface area contributed by atoms with Crippen LogP contribution in [-0.2, 0) is 6.54 Å². The highest BCUT2D eigenvalue weighted by Gasteiger charge is 2.32. The number of rotatable bonds is 4. The summed E-state index contributed by atoms with van der Waals surface area (Å²) in [5, 5.41) is 12.0. The molecule has 1 aliphatic heterocycles. The SMILES string of the molecule is CC1CC(CN)CN1Cc1nnnn1C1CC1.Cl. The molecular weight excluding hydrogens is 252 g/mol. The smallest absolute Gasteiger partial charge is 0.165 e. The van der Waals surface area contributed by atoms with Gasteiger partial charge in [0.25, 0.3) is 0 Å².